The molecule has 0 saturated heterocycles. The van der Waals surface area contributed by atoms with Gasteiger partial charge in [-0.2, -0.15) is 0 Å². The highest BCUT2D eigenvalue weighted by molar-refractivity contribution is 7.98. The van der Waals surface area contributed by atoms with Crippen molar-refractivity contribution in [3.8, 4) is 16.9 Å². The van der Waals surface area contributed by atoms with Crippen molar-refractivity contribution in [2.24, 2.45) is 0 Å². The lowest BCUT2D eigenvalue weighted by Gasteiger charge is -2.10. The molecule has 35 heavy (non-hydrogen) atoms. The van der Waals surface area contributed by atoms with E-state index in [1.807, 2.05) is 12.1 Å². The smallest absolute Gasteiger partial charge is 0.345 e. The number of halogens is 2. The van der Waals surface area contributed by atoms with E-state index in [1.54, 1.807) is 71.4 Å². The molecule has 0 spiro atoms. The molecule has 0 aliphatic carbocycles. The van der Waals surface area contributed by atoms with Crippen LogP contribution in [0.25, 0.3) is 27.9 Å². The van der Waals surface area contributed by atoms with Crippen LogP contribution in [0.1, 0.15) is 15.9 Å². The van der Waals surface area contributed by atoms with Gasteiger partial charge in [-0.15, -0.1) is 0 Å². The largest absolute Gasteiger partial charge is 0.478 e. The van der Waals surface area contributed by atoms with Crippen LogP contribution >= 0.6 is 35.0 Å². The van der Waals surface area contributed by atoms with E-state index in [9.17, 15) is 14.7 Å². The molecule has 0 bridgehead atoms. The first-order valence-corrected chi connectivity index (χ1v) is 12.2. The lowest BCUT2D eigenvalue weighted by Crippen LogP contribution is -2.02. The second-order valence-corrected chi connectivity index (χ2v) is 9.40. The average molecular weight is 523 g/mol. The van der Waals surface area contributed by atoms with E-state index < -0.39 is 11.6 Å². The Morgan fingerprint density at radius 1 is 1.03 bits per heavy atom. The van der Waals surface area contributed by atoms with Crippen LogP contribution in [0.3, 0.4) is 0 Å². The monoisotopic (exact) mass is 522 g/mol. The first-order valence-electron chi connectivity index (χ1n) is 10.4. The number of thioether (sulfide) groups is 1. The highest BCUT2D eigenvalue weighted by Crippen LogP contribution is 2.33. The van der Waals surface area contributed by atoms with Gasteiger partial charge in [0, 0.05) is 22.4 Å². The number of aromatic carboxylic acids is 1. The Morgan fingerprint density at radius 2 is 1.80 bits per heavy atom. The van der Waals surface area contributed by atoms with Gasteiger partial charge in [-0.1, -0.05) is 71.4 Å². The van der Waals surface area contributed by atoms with Crippen molar-refractivity contribution in [3.05, 3.63) is 111 Å². The average Bonchev–Trinajstić information content (AvgIpc) is 3.26. The topological polar surface area (TPSA) is 85.3 Å². The standard InChI is InChI=1S/C26H16Cl2N2O4S/c27-17-9-10-22(20(28)12-17)30-13-21(19-11-15-5-2-4-8-23(15)34-25(19)33)29-26(30)35-14-16-6-1-3-7-18(16)24(31)32/h1-13H,14H2,(H,31,32). The quantitative estimate of drug-likeness (QED) is 0.192. The van der Waals surface area contributed by atoms with Crippen LogP contribution in [-0.2, 0) is 5.75 Å². The van der Waals surface area contributed by atoms with Crippen molar-refractivity contribution >= 4 is 51.9 Å². The Kier molecular flexibility index (Phi) is 6.38. The minimum absolute atomic E-state index is 0.220. The van der Waals surface area contributed by atoms with Gasteiger partial charge in [0.05, 0.1) is 27.5 Å². The summed E-state index contributed by atoms with van der Waals surface area (Å²) in [4.78, 5) is 29.1. The minimum atomic E-state index is -1.00. The van der Waals surface area contributed by atoms with E-state index >= 15 is 0 Å². The van der Waals surface area contributed by atoms with Crippen LogP contribution in [0.2, 0.25) is 10.0 Å². The van der Waals surface area contributed by atoms with E-state index in [0.29, 0.717) is 49.0 Å². The molecule has 6 nitrogen and oxygen atoms in total. The summed E-state index contributed by atoms with van der Waals surface area (Å²) in [5.41, 5.74) is 2.18. The van der Waals surface area contributed by atoms with Crippen molar-refractivity contribution in [1.82, 2.24) is 9.55 Å². The number of benzene rings is 3. The first-order chi connectivity index (χ1) is 16.9. The molecule has 0 fully saturated rings. The molecule has 0 amide bonds. The van der Waals surface area contributed by atoms with E-state index in [1.165, 1.54) is 11.8 Å². The number of carbonyl (C=O) groups is 1. The summed E-state index contributed by atoms with van der Waals surface area (Å²) in [7, 11) is 0. The number of hydrogen-bond acceptors (Lipinski definition) is 5. The zero-order valence-corrected chi connectivity index (χ0v) is 20.3. The SMILES string of the molecule is O=C(O)c1ccccc1CSc1nc(-c2cc3ccccc3oc2=O)cn1-c1ccc(Cl)cc1Cl. The molecule has 0 radical (unpaired) electrons. The molecule has 1 N–H and O–H groups in total. The second-order valence-electron chi connectivity index (χ2n) is 7.61. The molecule has 0 aliphatic heterocycles. The minimum Gasteiger partial charge on any atom is -0.478 e. The van der Waals surface area contributed by atoms with Crippen molar-refractivity contribution in [2.45, 2.75) is 10.9 Å². The van der Waals surface area contributed by atoms with Crippen molar-refractivity contribution in [2.75, 3.05) is 0 Å². The summed E-state index contributed by atoms with van der Waals surface area (Å²) in [6, 6.07) is 20.9. The first kappa shape index (κ1) is 23.2. The molecule has 5 aromatic rings. The predicted octanol–water partition coefficient (Wildman–Crippen LogP) is 6.94. The van der Waals surface area contributed by atoms with Gasteiger partial charge >= 0.3 is 11.6 Å². The molecule has 5 rings (SSSR count). The number of carboxylic acid groups (broad SMARTS) is 1. The Bertz CT molecular complexity index is 1640. The van der Waals surface area contributed by atoms with Gasteiger partial charge in [0.15, 0.2) is 5.16 Å². The van der Waals surface area contributed by atoms with Gasteiger partial charge in [-0.25, -0.2) is 14.6 Å². The molecule has 0 atom stereocenters. The molecule has 174 valence electrons. The molecular formula is C26H16Cl2N2O4S. The number of nitrogens with zero attached hydrogens (tertiary/aromatic N) is 2. The number of rotatable bonds is 6. The zero-order valence-electron chi connectivity index (χ0n) is 17.9. The predicted molar refractivity (Wildman–Crippen MR) is 138 cm³/mol. The highest BCUT2D eigenvalue weighted by Gasteiger charge is 2.19. The van der Waals surface area contributed by atoms with Crippen molar-refractivity contribution in [3.63, 3.8) is 0 Å². The van der Waals surface area contributed by atoms with Crippen LogP contribution in [0, 0.1) is 0 Å². The summed E-state index contributed by atoms with van der Waals surface area (Å²) < 4.78 is 7.25. The number of fused-ring (bicyclic) bond motifs is 1. The molecule has 0 saturated carbocycles. The summed E-state index contributed by atoms with van der Waals surface area (Å²) in [5.74, 6) is -0.657. The van der Waals surface area contributed by atoms with Crippen LogP contribution in [0.15, 0.2) is 93.4 Å². The van der Waals surface area contributed by atoms with Crippen molar-refractivity contribution in [1.29, 1.82) is 0 Å². The lowest BCUT2D eigenvalue weighted by atomic mass is 10.1. The maximum Gasteiger partial charge on any atom is 0.345 e. The number of imidazole rings is 1. The molecule has 2 heterocycles. The molecule has 3 aromatic carbocycles. The van der Waals surface area contributed by atoms with Crippen LogP contribution < -0.4 is 5.63 Å². The summed E-state index contributed by atoms with van der Waals surface area (Å²) in [5, 5.41) is 11.7. The fraction of sp³-hybridized carbons (Fsp3) is 0.0385. The van der Waals surface area contributed by atoms with Gasteiger partial charge in [0.1, 0.15) is 5.58 Å². The maximum atomic E-state index is 12.8. The third kappa shape index (κ3) is 4.71. The van der Waals surface area contributed by atoms with Crippen LogP contribution in [0.5, 0.6) is 0 Å². The van der Waals surface area contributed by atoms with Gasteiger partial charge < -0.3 is 9.52 Å². The molecule has 0 aliphatic rings. The lowest BCUT2D eigenvalue weighted by molar-refractivity contribution is 0.0696. The highest BCUT2D eigenvalue weighted by atomic mass is 35.5. The third-order valence-corrected chi connectivity index (χ3v) is 6.90. The number of carboxylic acids is 1. The third-order valence-electron chi connectivity index (χ3n) is 5.36. The summed E-state index contributed by atoms with van der Waals surface area (Å²) >= 11 is 13.9. The van der Waals surface area contributed by atoms with Gasteiger partial charge in [0.25, 0.3) is 0 Å². The van der Waals surface area contributed by atoms with Gasteiger partial charge in [-0.3, -0.25) is 4.57 Å². The fourth-order valence-corrected chi connectivity index (χ4v) is 5.17. The molecule has 2 aromatic heterocycles. The molecular weight excluding hydrogens is 507 g/mol. The van der Waals surface area contributed by atoms with Gasteiger partial charge in [0.2, 0.25) is 0 Å². The number of hydrogen-bond donors (Lipinski definition) is 1. The molecule has 0 unspecified atom stereocenters. The Balaban J connectivity index is 1.61. The molecule has 9 heteroatoms. The normalized spacial score (nSPS) is 11.1. The Hall–Kier alpha value is -3.52. The summed E-state index contributed by atoms with van der Waals surface area (Å²) in [6.07, 6.45) is 1.71. The summed E-state index contributed by atoms with van der Waals surface area (Å²) in [6.45, 7) is 0. The number of para-hydroxylation sites is 1. The van der Waals surface area contributed by atoms with Crippen LogP contribution in [-0.4, -0.2) is 20.6 Å². The van der Waals surface area contributed by atoms with E-state index in [2.05, 4.69) is 0 Å². The van der Waals surface area contributed by atoms with E-state index in [4.69, 9.17) is 32.6 Å². The van der Waals surface area contributed by atoms with E-state index in [0.717, 1.165) is 5.39 Å². The maximum absolute atomic E-state index is 12.8. The van der Waals surface area contributed by atoms with E-state index in [-0.39, 0.29) is 5.56 Å². The number of aromatic nitrogens is 2. The zero-order chi connectivity index (χ0) is 24.5. The Morgan fingerprint density at radius 3 is 2.60 bits per heavy atom. The van der Waals surface area contributed by atoms with Crippen LogP contribution in [0.4, 0.5) is 0 Å². The van der Waals surface area contributed by atoms with Gasteiger partial charge in [-0.05, 0) is 42.0 Å². The Labute approximate surface area is 213 Å². The fourth-order valence-electron chi connectivity index (χ4n) is 3.68. The second kappa shape index (κ2) is 9.62. The van der Waals surface area contributed by atoms with Crippen molar-refractivity contribution < 1.29 is 14.3 Å².